The fourth-order valence-corrected chi connectivity index (χ4v) is 10.5. The van der Waals surface area contributed by atoms with E-state index >= 15 is 0 Å². The van der Waals surface area contributed by atoms with Crippen molar-refractivity contribution in [2.75, 3.05) is 0 Å². The van der Waals surface area contributed by atoms with Crippen LogP contribution in [-0.2, 0) is 5.41 Å². The highest BCUT2D eigenvalue weighted by Crippen LogP contribution is 2.51. The van der Waals surface area contributed by atoms with E-state index in [1.54, 1.807) is 0 Å². The van der Waals surface area contributed by atoms with Crippen LogP contribution in [0, 0.1) is 0 Å². The third-order valence-electron chi connectivity index (χ3n) is 11.8. The summed E-state index contributed by atoms with van der Waals surface area (Å²) < 4.78 is 2.72. The summed E-state index contributed by atoms with van der Waals surface area (Å²) in [7, 11) is 0. The highest BCUT2D eigenvalue weighted by Gasteiger charge is 2.36. The van der Waals surface area contributed by atoms with Gasteiger partial charge < -0.3 is 0 Å². The monoisotopic (exact) mass is 680 g/mol. The molecule has 0 nitrogen and oxygen atoms in total. The van der Waals surface area contributed by atoms with E-state index in [0.29, 0.717) is 0 Å². The van der Waals surface area contributed by atoms with Gasteiger partial charge in [0.15, 0.2) is 0 Å². The molecule has 0 amide bonds. The molecule has 0 unspecified atom stereocenters. The molecule has 0 saturated heterocycles. The van der Waals surface area contributed by atoms with Crippen molar-refractivity contribution >= 4 is 65.2 Å². The average Bonchev–Trinajstić information content (AvgIpc) is 3.65. The number of rotatable bonds is 3. The Morgan fingerprint density at radius 1 is 0.423 bits per heavy atom. The fraction of sp³-hybridized carbons (Fsp3) is 0.0980. The van der Waals surface area contributed by atoms with Crippen LogP contribution in [0.1, 0.15) is 37.8 Å². The van der Waals surface area contributed by atoms with Gasteiger partial charge in [-0.1, -0.05) is 129 Å². The third kappa shape index (κ3) is 4.33. The number of benzene rings is 8. The second-order valence-corrected chi connectivity index (χ2v) is 16.2. The van der Waals surface area contributed by atoms with E-state index in [-0.39, 0.29) is 5.41 Å². The Labute approximate surface area is 307 Å². The Balaban J connectivity index is 1.08. The van der Waals surface area contributed by atoms with Crippen molar-refractivity contribution in [2.24, 2.45) is 0 Å². The van der Waals surface area contributed by atoms with Gasteiger partial charge in [-0.25, -0.2) is 0 Å². The zero-order chi connectivity index (χ0) is 34.6. The van der Waals surface area contributed by atoms with Gasteiger partial charge in [0, 0.05) is 25.6 Å². The first kappa shape index (κ1) is 29.9. The molecule has 0 bridgehead atoms. The third-order valence-corrected chi connectivity index (χ3v) is 13.0. The molecule has 0 spiro atoms. The molecule has 1 aromatic heterocycles. The lowest BCUT2D eigenvalue weighted by molar-refractivity contribution is 0.661. The Morgan fingerprint density at radius 2 is 1.04 bits per heavy atom. The summed E-state index contributed by atoms with van der Waals surface area (Å²) in [6.45, 7) is 4.78. The van der Waals surface area contributed by atoms with Gasteiger partial charge in [0.1, 0.15) is 0 Å². The van der Waals surface area contributed by atoms with E-state index < -0.39 is 0 Å². The van der Waals surface area contributed by atoms with Crippen LogP contribution in [0.3, 0.4) is 0 Å². The van der Waals surface area contributed by atoms with Crippen LogP contribution in [0.25, 0.3) is 98.4 Å². The van der Waals surface area contributed by atoms with Gasteiger partial charge in [0.05, 0.1) is 0 Å². The van der Waals surface area contributed by atoms with Crippen LogP contribution in [0.5, 0.6) is 0 Å². The predicted octanol–water partition coefficient (Wildman–Crippen LogP) is 13.0. The molecule has 8 aromatic carbocycles. The average molecular weight is 681 g/mol. The standard InChI is InChI=1S/C51H36S/c1-51(2)45-24-23-33(26-42(45)43-27-36-30-48-44(28-35(36)29-46(43)51)37-17-10-11-22-47(37)52-48)32-15-12-16-34(25-32)50-40-20-8-6-18-38(40)49(31-13-4-3-5-14-31)39-19-7-9-21-41(39)50/h3-6,8,10-30H,7,9H2,1-2H3. The summed E-state index contributed by atoms with van der Waals surface area (Å²) in [4.78, 5) is 0. The molecule has 0 atom stereocenters. The molecule has 246 valence electrons. The molecule has 0 saturated carbocycles. The van der Waals surface area contributed by atoms with E-state index in [1.165, 1.54) is 108 Å². The maximum Gasteiger partial charge on any atom is 0.0361 e. The molecule has 9 aromatic rings. The lowest BCUT2D eigenvalue weighted by atomic mass is 9.81. The zero-order valence-corrected chi connectivity index (χ0v) is 30.2. The first-order valence-electron chi connectivity index (χ1n) is 18.5. The quantitative estimate of drug-likeness (QED) is 0.174. The van der Waals surface area contributed by atoms with E-state index in [9.17, 15) is 0 Å². The lowest BCUT2D eigenvalue weighted by Gasteiger charge is -2.22. The largest absolute Gasteiger partial charge is 0.135 e. The number of hydrogen-bond acceptors (Lipinski definition) is 1. The second kappa shape index (κ2) is 11.1. The maximum atomic E-state index is 2.47. The van der Waals surface area contributed by atoms with E-state index in [0.717, 1.165) is 12.8 Å². The minimum absolute atomic E-state index is 0.0737. The Morgan fingerprint density at radius 3 is 1.83 bits per heavy atom. The molecule has 0 radical (unpaired) electrons. The lowest BCUT2D eigenvalue weighted by Crippen LogP contribution is -2.31. The van der Waals surface area contributed by atoms with E-state index in [2.05, 4.69) is 172 Å². The molecule has 0 fully saturated rings. The topological polar surface area (TPSA) is 0 Å². The minimum Gasteiger partial charge on any atom is -0.135 e. The van der Waals surface area contributed by atoms with Crippen molar-refractivity contribution in [1.82, 2.24) is 0 Å². The second-order valence-electron chi connectivity index (χ2n) is 15.1. The smallest absolute Gasteiger partial charge is 0.0361 e. The van der Waals surface area contributed by atoms with Gasteiger partial charge in [0.25, 0.3) is 0 Å². The van der Waals surface area contributed by atoms with Crippen LogP contribution >= 0.6 is 11.3 Å². The summed E-state index contributed by atoms with van der Waals surface area (Å²) in [5.41, 5.74) is 13.2. The van der Waals surface area contributed by atoms with Crippen molar-refractivity contribution < 1.29 is 0 Å². The zero-order valence-electron chi connectivity index (χ0n) is 29.3. The molecule has 0 aliphatic heterocycles. The van der Waals surface area contributed by atoms with Gasteiger partial charge in [-0.05, 0) is 143 Å². The van der Waals surface area contributed by atoms with Gasteiger partial charge in [-0.3, -0.25) is 0 Å². The van der Waals surface area contributed by atoms with Gasteiger partial charge in [-0.15, -0.1) is 11.3 Å². The van der Waals surface area contributed by atoms with Gasteiger partial charge in [0.2, 0.25) is 0 Å². The van der Waals surface area contributed by atoms with E-state index in [1.807, 2.05) is 11.3 Å². The fourth-order valence-electron chi connectivity index (χ4n) is 9.34. The summed E-state index contributed by atoms with van der Waals surface area (Å²) >= 11 is 1.90. The minimum atomic E-state index is -0.0737. The van der Waals surface area contributed by atoms with Crippen LogP contribution in [0.4, 0.5) is 0 Å². The maximum absolute atomic E-state index is 2.47. The van der Waals surface area contributed by atoms with Crippen LogP contribution in [-0.4, -0.2) is 0 Å². The highest BCUT2D eigenvalue weighted by atomic mass is 32.1. The van der Waals surface area contributed by atoms with Gasteiger partial charge in [-0.2, -0.15) is 0 Å². The summed E-state index contributed by atoms with van der Waals surface area (Å²) in [6.07, 6.45) is 7.07. The first-order chi connectivity index (χ1) is 25.5. The molecule has 1 heteroatoms. The molecule has 52 heavy (non-hydrogen) atoms. The van der Waals surface area contributed by atoms with Gasteiger partial charge >= 0.3 is 0 Å². The molecule has 0 N–H and O–H groups in total. The first-order valence-corrected chi connectivity index (χ1v) is 19.3. The van der Waals surface area contributed by atoms with Crippen molar-refractivity contribution in [3.05, 3.63) is 167 Å². The molecule has 1 heterocycles. The van der Waals surface area contributed by atoms with E-state index in [4.69, 9.17) is 0 Å². The highest BCUT2D eigenvalue weighted by molar-refractivity contribution is 7.25. The van der Waals surface area contributed by atoms with Crippen LogP contribution < -0.4 is 10.4 Å². The summed E-state index contributed by atoms with van der Waals surface area (Å²) in [6, 6.07) is 55.0. The van der Waals surface area contributed by atoms with Crippen LogP contribution in [0.15, 0.2) is 146 Å². The SMILES string of the molecule is CC1(C)c2ccc(-c3cccc(-c4c5c(c(-c6ccccc6)c6ccccc46)=CCCC=5)c3)cc2-c2cc3cc4sc5ccccc5c4cc3cc21. The predicted molar refractivity (Wildman–Crippen MR) is 226 cm³/mol. The van der Waals surface area contributed by atoms with Crippen molar-refractivity contribution in [1.29, 1.82) is 0 Å². The number of fused-ring (bicyclic) bond motifs is 9. The number of hydrogen-bond donors (Lipinski definition) is 0. The molecular formula is C51H36S. The summed E-state index contributed by atoms with van der Waals surface area (Å²) in [5, 5.41) is 10.7. The number of thiophene rings is 1. The normalized spacial score (nSPS) is 14.3. The van der Waals surface area contributed by atoms with Crippen molar-refractivity contribution in [2.45, 2.75) is 32.1 Å². The summed E-state index contributed by atoms with van der Waals surface area (Å²) in [5.74, 6) is 0. The Bertz CT molecular complexity index is 3080. The van der Waals surface area contributed by atoms with Crippen LogP contribution in [0.2, 0.25) is 0 Å². The Hall–Kier alpha value is -5.76. The molecular weight excluding hydrogens is 645 g/mol. The molecule has 11 rings (SSSR count). The van der Waals surface area contributed by atoms with Crippen molar-refractivity contribution in [3.63, 3.8) is 0 Å². The molecule has 2 aliphatic rings. The Kier molecular flexibility index (Phi) is 6.40. The van der Waals surface area contributed by atoms with Crippen molar-refractivity contribution in [3.8, 4) is 44.5 Å². The molecule has 2 aliphatic carbocycles.